The minimum Gasteiger partial charge on any atom is -0.347 e. The number of carbonyl (C=O) groups is 1. The molecule has 0 radical (unpaired) electrons. The summed E-state index contributed by atoms with van der Waals surface area (Å²) in [6.45, 7) is 7.57. The first-order valence-corrected chi connectivity index (χ1v) is 8.93. The van der Waals surface area contributed by atoms with Crippen LogP contribution in [0.15, 0.2) is 0 Å². The van der Waals surface area contributed by atoms with E-state index in [1.807, 2.05) is 14.1 Å². The third-order valence-corrected chi connectivity index (χ3v) is 3.87. The summed E-state index contributed by atoms with van der Waals surface area (Å²) in [5.41, 5.74) is 0. The van der Waals surface area contributed by atoms with Gasteiger partial charge in [-0.3, -0.25) is 4.79 Å². The van der Waals surface area contributed by atoms with E-state index in [0.29, 0.717) is 5.92 Å². The smallest absolute Gasteiger partial charge is 0.239 e. The molecule has 0 bridgehead atoms. The first kappa shape index (κ1) is 20.4. The number of carbonyl (C=O) groups excluding carboxylic acids is 1. The van der Waals surface area contributed by atoms with E-state index >= 15 is 0 Å². The molecule has 0 spiro atoms. The van der Waals surface area contributed by atoms with Crippen LogP contribution >= 0.6 is 0 Å². The lowest BCUT2D eigenvalue weighted by Crippen LogP contribution is -2.44. The van der Waals surface area contributed by atoms with Crippen molar-refractivity contribution in [2.45, 2.75) is 84.6 Å². The summed E-state index contributed by atoms with van der Waals surface area (Å²) >= 11 is 0. The maximum absolute atomic E-state index is 12.1. The van der Waals surface area contributed by atoms with Gasteiger partial charge in [-0.25, -0.2) is 0 Å². The lowest BCUT2D eigenvalue weighted by molar-refractivity contribution is -0.131. The standard InChI is InChI=1S/C18H38N2O/c1-6-7-8-9-10-11-12-13-14-19-17(15-16(2)3)18(21)20(4)5/h16-17,19H,6-15H2,1-5H3. The fourth-order valence-electron chi connectivity index (χ4n) is 2.59. The monoisotopic (exact) mass is 298 g/mol. The molecule has 126 valence electrons. The van der Waals surface area contributed by atoms with Crippen LogP contribution in [0.25, 0.3) is 0 Å². The van der Waals surface area contributed by atoms with E-state index < -0.39 is 0 Å². The lowest BCUT2D eigenvalue weighted by Gasteiger charge is -2.23. The van der Waals surface area contributed by atoms with Crippen LogP contribution in [0.1, 0.15) is 78.6 Å². The maximum Gasteiger partial charge on any atom is 0.239 e. The summed E-state index contributed by atoms with van der Waals surface area (Å²) in [4.78, 5) is 13.8. The zero-order valence-corrected chi connectivity index (χ0v) is 15.1. The molecule has 1 atom stereocenters. The highest BCUT2D eigenvalue weighted by Crippen LogP contribution is 2.09. The van der Waals surface area contributed by atoms with E-state index in [2.05, 4.69) is 26.1 Å². The van der Waals surface area contributed by atoms with Gasteiger partial charge in [-0.05, 0) is 25.3 Å². The summed E-state index contributed by atoms with van der Waals surface area (Å²) < 4.78 is 0. The Morgan fingerprint density at radius 1 is 0.952 bits per heavy atom. The van der Waals surface area contributed by atoms with Gasteiger partial charge >= 0.3 is 0 Å². The van der Waals surface area contributed by atoms with Gasteiger partial charge in [0.1, 0.15) is 0 Å². The van der Waals surface area contributed by atoms with E-state index in [0.717, 1.165) is 13.0 Å². The Morgan fingerprint density at radius 3 is 1.95 bits per heavy atom. The molecular formula is C18H38N2O. The van der Waals surface area contributed by atoms with Gasteiger partial charge in [0.25, 0.3) is 0 Å². The number of rotatable bonds is 13. The van der Waals surface area contributed by atoms with Crippen LogP contribution in [0.2, 0.25) is 0 Å². The Labute approximate surface area is 132 Å². The number of hydrogen-bond donors (Lipinski definition) is 1. The summed E-state index contributed by atoms with van der Waals surface area (Å²) in [6.07, 6.45) is 11.6. The Hall–Kier alpha value is -0.570. The molecule has 21 heavy (non-hydrogen) atoms. The quantitative estimate of drug-likeness (QED) is 0.516. The van der Waals surface area contributed by atoms with Crippen LogP contribution in [0, 0.1) is 5.92 Å². The Bertz CT molecular complexity index is 252. The topological polar surface area (TPSA) is 32.3 Å². The van der Waals surface area contributed by atoms with Crippen molar-refractivity contribution in [2.24, 2.45) is 5.92 Å². The number of likely N-dealkylation sites (N-methyl/N-ethyl adjacent to an activating group) is 1. The fourth-order valence-corrected chi connectivity index (χ4v) is 2.59. The molecule has 3 heteroatoms. The fraction of sp³-hybridized carbons (Fsp3) is 0.944. The van der Waals surface area contributed by atoms with E-state index in [-0.39, 0.29) is 11.9 Å². The van der Waals surface area contributed by atoms with E-state index in [1.54, 1.807) is 4.90 Å². The average Bonchev–Trinajstić information content (AvgIpc) is 2.43. The van der Waals surface area contributed by atoms with Gasteiger partial charge in [0.2, 0.25) is 5.91 Å². The van der Waals surface area contributed by atoms with Crippen molar-refractivity contribution in [3.8, 4) is 0 Å². The van der Waals surface area contributed by atoms with Crippen molar-refractivity contribution >= 4 is 5.91 Å². The maximum atomic E-state index is 12.1. The Morgan fingerprint density at radius 2 is 1.48 bits per heavy atom. The molecule has 0 saturated heterocycles. The minimum atomic E-state index is -0.00967. The Kier molecular flexibility index (Phi) is 12.8. The third kappa shape index (κ3) is 11.7. The van der Waals surface area contributed by atoms with Crippen LogP contribution in [-0.2, 0) is 4.79 Å². The molecule has 0 aliphatic rings. The summed E-state index contributed by atoms with van der Waals surface area (Å²) in [6, 6.07) is -0.00967. The van der Waals surface area contributed by atoms with Gasteiger partial charge in [0.05, 0.1) is 6.04 Å². The van der Waals surface area contributed by atoms with Crippen LogP contribution in [0.5, 0.6) is 0 Å². The first-order valence-electron chi connectivity index (χ1n) is 8.93. The highest BCUT2D eigenvalue weighted by atomic mass is 16.2. The molecule has 0 rings (SSSR count). The minimum absolute atomic E-state index is 0.00967. The molecule has 0 heterocycles. The Balaban J connectivity index is 3.71. The molecule has 0 aromatic rings. The van der Waals surface area contributed by atoms with E-state index in [1.165, 1.54) is 51.4 Å². The highest BCUT2D eigenvalue weighted by molar-refractivity contribution is 5.81. The van der Waals surface area contributed by atoms with Crippen molar-refractivity contribution in [3.63, 3.8) is 0 Å². The summed E-state index contributed by atoms with van der Waals surface area (Å²) in [7, 11) is 3.68. The van der Waals surface area contributed by atoms with Crippen molar-refractivity contribution in [1.29, 1.82) is 0 Å². The zero-order valence-electron chi connectivity index (χ0n) is 15.1. The highest BCUT2D eigenvalue weighted by Gasteiger charge is 2.20. The average molecular weight is 299 g/mol. The van der Waals surface area contributed by atoms with Crippen LogP contribution < -0.4 is 5.32 Å². The number of amides is 1. The second-order valence-corrected chi connectivity index (χ2v) is 6.84. The lowest BCUT2D eigenvalue weighted by atomic mass is 10.0. The second-order valence-electron chi connectivity index (χ2n) is 6.84. The molecule has 0 fully saturated rings. The van der Waals surface area contributed by atoms with Crippen molar-refractivity contribution in [1.82, 2.24) is 10.2 Å². The van der Waals surface area contributed by atoms with Gasteiger partial charge in [0.15, 0.2) is 0 Å². The van der Waals surface area contributed by atoms with Crippen molar-refractivity contribution in [2.75, 3.05) is 20.6 Å². The summed E-state index contributed by atoms with van der Waals surface area (Å²) in [5.74, 6) is 0.758. The molecule has 0 aliphatic carbocycles. The first-order chi connectivity index (χ1) is 9.99. The third-order valence-electron chi connectivity index (χ3n) is 3.87. The van der Waals surface area contributed by atoms with Crippen LogP contribution in [-0.4, -0.2) is 37.5 Å². The van der Waals surface area contributed by atoms with Crippen LogP contribution in [0.3, 0.4) is 0 Å². The number of hydrogen-bond acceptors (Lipinski definition) is 2. The number of nitrogens with zero attached hydrogens (tertiary/aromatic N) is 1. The molecule has 3 nitrogen and oxygen atoms in total. The van der Waals surface area contributed by atoms with E-state index in [4.69, 9.17) is 0 Å². The molecule has 0 aromatic carbocycles. The number of unbranched alkanes of at least 4 members (excludes halogenated alkanes) is 7. The van der Waals surface area contributed by atoms with E-state index in [9.17, 15) is 4.79 Å². The molecule has 0 saturated carbocycles. The van der Waals surface area contributed by atoms with Crippen molar-refractivity contribution in [3.05, 3.63) is 0 Å². The van der Waals surface area contributed by atoms with Crippen molar-refractivity contribution < 1.29 is 4.79 Å². The molecule has 1 unspecified atom stereocenters. The largest absolute Gasteiger partial charge is 0.347 e. The van der Waals surface area contributed by atoms with Crippen LogP contribution in [0.4, 0.5) is 0 Å². The second kappa shape index (κ2) is 13.1. The molecule has 0 aliphatic heterocycles. The predicted octanol–water partition coefficient (Wildman–Crippen LogP) is 4.22. The molecule has 1 N–H and O–H groups in total. The number of nitrogens with one attached hydrogen (secondary N) is 1. The van der Waals surface area contributed by atoms with Gasteiger partial charge in [-0.2, -0.15) is 0 Å². The van der Waals surface area contributed by atoms with Gasteiger partial charge in [-0.1, -0.05) is 65.7 Å². The van der Waals surface area contributed by atoms with Gasteiger partial charge in [0, 0.05) is 14.1 Å². The summed E-state index contributed by atoms with van der Waals surface area (Å²) in [5, 5.41) is 3.45. The SMILES string of the molecule is CCCCCCCCCCNC(CC(C)C)C(=O)N(C)C. The predicted molar refractivity (Wildman–Crippen MR) is 92.5 cm³/mol. The zero-order chi connectivity index (χ0) is 16.1. The van der Waals surface area contributed by atoms with Gasteiger partial charge < -0.3 is 10.2 Å². The molecule has 1 amide bonds. The normalized spacial score (nSPS) is 12.7. The molecule has 0 aromatic heterocycles. The molecular weight excluding hydrogens is 260 g/mol. The van der Waals surface area contributed by atoms with Gasteiger partial charge in [-0.15, -0.1) is 0 Å².